The summed E-state index contributed by atoms with van der Waals surface area (Å²) in [5.41, 5.74) is 2.67. The van der Waals surface area contributed by atoms with Crippen LogP contribution in [0.3, 0.4) is 0 Å². The maximum Gasteiger partial charge on any atom is 0.117 e. The van der Waals surface area contributed by atoms with Crippen LogP contribution in [0.25, 0.3) is 0 Å². The molecule has 2 N–H and O–H groups in total. The van der Waals surface area contributed by atoms with Crippen LogP contribution in [0.5, 0.6) is 0 Å². The molecule has 0 radical (unpaired) electrons. The van der Waals surface area contributed by atoms with Gasteiger partial charge in [-0.1, -0.05) is 0 Å². The maximum absolute atomic E-state index is 4.00. The van der Waals surface area contributed by atoms with E-state index in [1.807, 2.05) is 12.4 Å². The second kappa shape index (κ2) is 4.75. The zero-order valence-corrected chi connectivity index (χ0v) is 8.93. The molecule has 0 aromatic carbocycles. The van der Waals surface area contributed by atoms with Crippen molar-refractivity contribution in [2.75, 3.05) is 0 Å². The Balaban J connectivity index is 1.83. The standard InChI is InChI=1S/C12H15N3/c1-15-8-2-3-12(15)10-14-9-11-4-6-13-7-5-11/h2-8,14H,9-10H2,1H3/p+1. The Hall–Kier alpha value is -1.61. The van der Waals surface area contributed by atoms with Crippen LogP contribution in [-0.4, -0.2) is 9.55 Å². The topological polar surface area (TPSA) is 34.4 Å². The molecule has 3 nitrogen and oxygen atoms in total. The first kappa shape index (κ1) is 9.93. The number of nitrogens with zero attached hydrogens (tertiary/aromatic N) is 2. The summed E-state index contributed by atoms with van der Waals surface area (Å²) < 4.78 is 2.16. The van der Waals surface area contributed by atoms with Crippen molar-refractivity contribution in [2.24, 2.45) is 7.05 Å². The average molecular weight is 202 g/mol. The molecule has 2 aromatic rings. The number of quaternary nitrogens is 1. The van der Waals surface area contributed by atoms with E-state index in [1.54, 1.807) is 0 Å². The van der Waals surface area contributed by atoms with Crippen LogP contribution >= 0.6 is 0 Å². The number of hydrogen-bond donors (Lipinski definition) is 1. The van der Waals surface area contributed by atoms with Crippen LogP contribution in [0.15, 0.2) is 42.9 Å². The van der Waals surface area contributed by atoms with Gasteiger partial charge < -0.3 is 9.88 Å². The van der Waals surface area contributed by atoms with E-state index in [0.29, 0.717) is 0 Å². The molecule has 15 heavy (non-hydrogen) atoms. The molecule has 2 aromatic heterocycles. The first-order chi connectivity index (χ1) is 7.36. The molecule has 0 atom stereocenters. The molecule has 0 spiro atoms. The first-order valence-corrected chi connectivity index (χ1v) is 5.17. The highest BCUT2D eigenvalue weighted by molar-refractivity contribution is 5.08. The van der Waals surface area contributed by atoms with Crippen LogP contribution in [0.2, 0.25) is 0 Å². The van der Waals surface area contributed by atoms with Gasteiger partial charge in [0.25, 0.3) is 0 Å². The number of nitrogens with two attached hydrogens (primary N) is 1. The van der Waals surface area contributed by atoms with Gasteiger partial charge in [-0.2, -0.15) is 0 Å². The van der Waals surface area contributed by atoms with Gasteiger partial charge in [0.15, 0.2) is 0 Å². The summed E-state index contributed by atoms with van der Waals surface area (Å²) in [6.07, 6.45) is 5.76. The number of rotatable bonds is 4. The Morgan fingerprint density at radius 1 is 1.20 bits per heavy atom. The Labute approximate surface area is 89.8 Å². The molecule has 2 heterocycles. The van der Waals surface area contributed by atoms with Crippen molar-refractivity contribution in [3.8, 4) is 0 Å². The Bertz CT molecular complexity index is 406. The van der Waals surface area contributed by atoms with E-state index >= 15 is 0 Å². The molecule has 0 aliphatic rings. The predicted molar refractivity (Wildman–Crippen MR) is 59.0 cm³/mol. The molecule has 3 heteroatoms. The number of aryl methyl sites for hydroxylation is 1. The normalized spacial score (nSPS) is 10.5. The minimum Gasteiger partial charge on any atom is -0.350 e. The van der Waals surface area contributed by atoms with E-state index in [-0.39, 0.29) is 0 Å². The van der Waals surface area contributed by atoms with Crippen LogP contribution in [-0.2, 0) is 20.1 Å². The second-order valence-electron chi connectivity index (χ2n) is 3.66. The molecule has 2 rings (SSSR count). The molecule has 0 saturated heterocycles. The van der Waals surface area contributed by atoms with Crippen LogP contribution in [0.1, 0.15) is 11.3 Å². The third-order valence-corrected chi connectivity index (χ3v) is 2.53. The largest absolute Gasteiger partial charge is 0.350 e. The lowest BCUT2D eigenvalue weighted by Crippen LogP contribution is -2.81. The second-order valence-corrected chi connectivity index (χ2v) is 3.66. The highest BCUT2D eigenvalue weighted by atomic mass is 15.0. The summed E-state index contributed by atoms with van der Waals surface area (Å²) >= 11 is 0. The highest BCUT2D eigenvalue weighted by Gasteiger charge is 1.99. The summed E-state index contributed by atoms with van der Waals surface area (Å²) in [7, 11) is 2.08. The molecule has 0 amide bonds. The van der Waals surface area contributed by atoms with Gasteiger partial charge in [0.2, 0.25) is 0 Å². The van der Waals surface area contributed by atoms with Crippen molar-refractivity contribution >= 4 is 0 Å². The Morgan fingerprint density at radius 2 is 2.00 bits per heavy atom. The van der Waals surface area contributed by atoms with Gasteiger partial charge in [0.1, 0.15) is 13.1 Å². The van der Waals surface area contributed by atoms with Crippen molar-refractivity contribution in [1.29, 1.82) is 0 Å². The van der Waals surface area contributed by atoms with Crippen molar-refractivity contribution in [2.45, 2.75) is 13.1 Å². The molecular weight excluding hydrogens is 186 g/mol. The highest BCUT2D eigenvalue weighted by Crippen LogP contribution is 1.96. The van der Waals surface area contributed by atoms with Gasteiger partial charge >= 0.3 is 0 Å². The van der Waals surface area contributed by atoms with Crippen molar-refractivity contribution < 1.29 is 5.32 Å². The number of hydrogen-bond acceptors (Lipinski definition) is 1. The van der Waals surface area contributed by atoms with Gasteiger partial charge in [-0.15, -0.1) is 0 Å². The Kier molecular flexibility index (Phi) is 3.15. The predicted octanol–water partition coefficient (Wildman–Crippen LogP) is 0.684. The van der Waals surface area contributed by atoms with Gasteiger partial charge in [-0.3, -0.25) is 4.98 Å². The molecule has 78 valence electrons. The zero-order valence-electron chi connectivity index (χ0n) is 8.93. The van der Waals surface area contributed by atoms with Crippen molar-refractivity contribution in [1.82, 2.24) is 9.55 Å². The lowest BCUT2D eigenvalue weighted by molar-refractivity contribution is -0.687. The molecule has 0 aliphatic carbocycles. The van der Waals surface area contributed by atoms with E-state index in [2.05, 4.69) is 52.4 Å². The minimum atomic E-state index is 1.01. The van der Waals surface area contributed by atoms with E-state index in [1.165, 1.54) is 11.3 Å². The maximum atomic E-state index is 4.00. The summed E-state index contributed by atoms with van der Waals surface area (Å²) in [5.74, 6) is 0. The summed E-state index contributed by atoms with van der Waals surface area (Å²) in [6.45, 7) is 2.03. The van der Waals surface area contributed by atoms with Crippen LogP contribution < -0.4 is 5.32 Å². The van der Waals surface area contributed by atoms with E-state index in [4.69, 9.17) is 0 Å². The third-order valence-electron chi connectivity index (χ3n) is 2.53. The van der Waals surface area contributed by atoms with Crippen molar-refractivity contribution in [3.05, 3.63) is 54.1 Å². The lowest BCUT2D eigenvalue weighted by atomic mass is 10.2. The molecule has 0 unspecified atom stereocenters. The molecule has 0 saturated carbocycles. The molecule has 0 aliphatic heterocycles. The zero-order chi connectivity index (χ0) is 10.5. The average Bonchev–Trinajstić information content (AvgIpc) is 2.66. The third kappa shape index (κ3) is 2.67. The summed E-state index contributed by atoms with van der Waals surface area (Å²) in [5, 5.41) is 2.30. The lowest BCUT2D eigenvalue weighted by Gasteiger charge is -2.03. The fraction of sp³-hybridized carbons (Fsp3) is 0.250. The van der Waals surface area contributed by atoms with E-state index < -0.39 is 0 Å². The SMILES string of the molecule is Cn1cccc1C[NH2+]Cc1ccncc1. The molecule has 0 fully saturated rings. The van der Waals surface area contributed by atoms with Gasteiger partial charge in [-0.25, -0.2) is 0 Å². The van der Waals surface area contributed by atoms with Gasteiger partial charge in [0, 0.05) is 31.2 Å². The molecular formula is C12H16N3+. The summed E-state index contributed by atoms with van der Waals surface area (Å²) in [4.78, 5) is 4.00. The summed E-state index contributed by atoms with van der Waals surface area (Å²) in [6, 6.07) is 8.35. The minimum absolute atomic E-state index is 1.01. The fourth-order valence-electron chi connectivity index (χ4n) is 1.61. The van der Waals surface area contributed by atoms with E-state index in [0.717, 1.165) is 13.1 Å². The number of pyridine rings is 1. The molecule has 0 bridgehead atoms. The van der Waals surface area contributed by atoms with Crippen LogP contribution in [0.4, 0.5) is 0 Å². The Morgan fingerprint density at radius 3 is 2.67 bits per heavy atom. The number of aromatic nitrogens is 2. The van der Waals surface area contributed by atoms with E-state index in [9.17, 15) is 0 Å². The first-order valence-electron chi connectivity index (χ1n) is 5.17. The van der Waals surface area contributed by atoms with Gasteiger partial charge in [0.05, 0.1) is 5.69 Å². The smallest absolute Gasteiger partial charge is 0.117 e. The monoisotopic (exact) mass is 202 g/mol. The van der Waals surface area contributed by atoms with Crippen LogP contribution in [0, 0.1) is 0 Å². The fourth-order valence-corrected chi connectivity index (χ4v) is 1.61. The van der Waals surface area contributed by atoms with Gasteiger partial charge in [-0.05, 0) is 24.3 Å². The van der Waals surface area contributed by atoms with Crippen molar-refractivity contribution in [3.63, 3.8) is 0 Å². The quantitative estimate of drug-likeness (QED) is 0.777.